The number of anilines is 1. The first-order valence-corrected chi connectivity index (χ1v) is 4.48. The number of aromatic nitrogens is 2. The monoisotopic (exact) mass is 196 g/mol. The Balaban J connectivity index is 1.93. The molecule has 1 aromatic heterocycles. The van der Waals surface area contributed by atoms with Gasteiger partial charge in [-0.1, -0.05) is 0 Å². The van der Waals surface area contributed by atoms with Gasteiger partial charge >= 0.3 is 0 Å². The quantitative estimate of drug-likeness (QED) is 0.700. The summed E-state index contributed by atoms with van der Waals surface area (Å²) in [6.07, 6.45) is 2.57. The van der Waals surface area contributed by atoms with Gasteiger partial charge in [-0.3, -0.25) is 14.3 Å². The fraction of sp³-hybridized carbons (Fsp3) is 0.500. The highest BCUT2D eigenvalue weighted by Gasteiger charge is 2.19. The second-order valence-electron chi connectivity index (χ2n) is 3.12. The van der Waals surface area contributed by atoms with Gasteiger partial charge in [0.05, 0.1) is 13.2 Å². The van der Waals surface area contributed by atoms with Crippen LogP contribution in [-0.2, 0) is 16.2 Å². The van der Waals surface area contributed by atoms with Crippen molar-refractivity contribution >= 4 is 11.7 Å². The van der Waals surface area contributed by atoms with Crippen molar-refractivity contribution in [2.45, 2.75) is 13.0 Å². The van der Waals surface area contributed by atoms with E-state index in [9.17, 15) is 4.79 Å². The first-order valence-electron chi connectivity index (χ1n) is 4.48. The second kappa shape index (κ2) is 3.67. The number of nitrogen functional groups attached to an aromatic ring is 1. The Kier molecular flexibility index (Phi) is 2.36. The van der Waals surface area contributed by atoms with Gasteiger partial charge in [-0.25, -0.2) is 5.06 Å². The lowest BCUT2D eigenvalue weighted by atomic mass is 10.4. The zero-order valence-electron chi connectivity index (χ0n) is 7.72. The van der Waals surface area contributed by atoms with E-state index in [1.54, 1.807) is 12.3 Å². The largest absolute Gasteiger partial charge is 0.382 e. The zero-order valence-corrected chi connectivity index (χ0v) is 7.72. The molecule has 0 aromatic carbocycles. The molecular formula is C8H12N4O2. The van der Waals surface area contributed by atoms with Crippen molar-refractivity contribution in [2.24, 2.45) is 0 Å². The van der Waals surface area contributed by atoms with E-state index in [0.717, 1.165) is 6.42 Å². The fourth-order valence-corrected chi connectivity index (χ4v) is 1.33. The van der Waals surface area contributed by atoms with Gasteiger partial charge in [0.25, 0.3) is 5.91 Å². The van der Waals surface area contributed by atoms with Crippen LogP contribution < -0.4 is 5.73 Å². The Labute approximate surface area is 81.2 Å². The molecule has 2 rings (SSSR count). The first-order chi connectivity index (χ1) is 6.75. The third-order valence-corrected chi connectivity index (χ3v) is 1.99. The molecule has 14 heavy (non-hydrogen) atoms. The summed E-state index contributed by atoms with van der Waals surface area (Å²) < 4.78 is 1.50. The molecule has 0 aliphatic carbocycles. The van der Waals surface area contributed by atoms with E-state index in [-0.39, 0.29) is 12.5 Å². The second-order valence-corrected chi connectivity index (χ2v) is 3.12. The maximum absolute atomic E-state index is 11.5. The minimum atomic E-state index is -0.0920. The molecule has 0 spiro atoms. The minimum absolute atomic E-state index is 0.0920. The molecule has 1 amide bonds. The molecule has 1 saturated heterocycles. The van der Waals surface area contributed by atoms with E-state index in [2.05, 4.69) is 5.10 Å². The van der Waals surface area contributed by atoms with Gasteiger partial charge < -0.3 is 5.73 Å². The molecular weight excluding hydrogens is 184 g/mol. The number of hydrogen-bond acceptors (Lipinski definition) is 4. The zero-order chi connectivity index (χ0) is 9.97. The molecule has 1 aromatic rings. The molecule has 1 fully saturated rings. The van der Waals surface area contributed by atoms with E-state index in [1.165, 1.54) is 9.75 Å². The van der Waals surface area contributed by atoms with Gasteiger partial charge in [0, 0.05) is 6.20 Å². The molecule has 1 aliphatic rings. The van der Waals surface area contributed by atoms with Crippen LogP contribution in [0.25, 0.3) is 0 Å². The lowest BCUT2D eigenvalue weighted by Gasteiger charge is -2.13. The van der Waals surface area contributed by atoms with Crippen molar-refractivity contribution in [1.82, 2.24) is 14.8 Å². The molecule has 0 unspecified atom stereocenters. The number of amides is 1. The average molecular weight is 196 g/mol. The summed E-state index contributed by atoms with van der Waals surface area (Å²) in [5.41, 5.74) is 5.42. The average Bonchev–Trinajstić information content (AvgIpc) is 2.75. The molecule has 2 N–H and O–H groups in total. The molecule has 0 radical (unpaired) electrons. The van der Waals surface area contributed by atoms with E-state index < -0.39 is 0 Å². The molecule has 2 heterocycles. The van der Waals surface area contributed by atoms with Crippen LogP contribution in [0.3, 0.4) is 0 Å². The van der Waals surface area contributed by atoms with Crippen LogP contribution in [0.4, 0.5) is 5.82 Å². The first kappa shape index (κ1) is 9.01. The lowest BCUT2D eigenvalue weighted by Crippen LogP contribution is -2.30. The highest BCUT2D eigenvalue weighted by Crippen LogP contribution is 2.05. The molecule has 0 atom stereocenters. The molecule has 0 saturated carbocycles. The Morgan fingerprint density at radius 1 is 1.71 bits per heavy atom. The van der Waals surface area contributed by atoms with Crippen LogP contribution in [0.5, 0.6) is 0 Å². The summed E-state index contributed by atoms with van der Waals surface area (Å²) in [7, 11) is 0. The maximum atomic E-state index is 11.5. The third-order valence-electron chi connectivity index (χ3n) is 1.99. The SMILES string of the molecule is Nc1ccn(CC(=O)N2CCCO2)n1. The minimum Gasteiger partial charge on any atom is -0.382 e. The standard InChI is InChI=1S/C8H12N4O2/c9-7-2-4-11(10-7)6-8(13)12-3-1-5-14-12/h2,4H,1,3,5-6H2,(H2,9,10). The predicted molar refractivity (Wildman–Crippen MR) is 48.9 cm³/mol. The molecule has 6 heteroatoms. The Bertz CT molecular complexity index is 330. The summed E-state index contributed by atoms with van der Waals surface area (Å²) in [5.74, 6) is 0.325. The molecule has 6 nitrogen and oxygen atoms in total. The molecule has 76 valence electrons. The Morgan fingerprint density at radius 3 is 3.14 bits per heavy atom. The van der Waals surface area contributed by atoms with E-state index in [0.29, 0.717) is 19.0 Å². The highest BCUT2D eigenvalue weighted by molar-refractivity contribution is 5.74. The third kappa shape index (κ3) is 1.85. The van der Waals surface area contributed by atoms with Crippen LogP contribution in [0.2, 0.25) is 0 Å². The Morgan fingerprint density at radius 2 is 2.57 bits per heavy atom. The topological polar surface area (TPSA) is 73.4 Å². The van der Waals surface area contributed by atoms with Gasteiger partial charge in [-0.15, -0.1) is 0 Å². The normalized spacial score (nSPS) is 16.1. The van der Waals surface area contributed by atoms with Crippen molar-refractivity contribution in [2.75, 3.05) is 18.9 Å². The van der Waals surface area contributed by atoms with Gasteiger partial charge in [-0.05, 0) is 12.5 Å². The van der Waals surface area contributed by atoms with Crippen LogP contribution in [-0.4, -0.2) is 33.9 Å². The number of nitrogens with two attached hydrogens (primary N) is 1. The number of carbonyl (C=O) groups excluding carboxylic acids is 1. The van der Waals surface area contributed by atoms with Crippen molar-refractivity contribution in [1.29, 1.82) is 0 Å². The maximum Gasteiger partial charge on any atom is 0.267 e. The van der Waals surface area contributed by atoms with Crippen molar-refractivity contribution < 1.29 is 9.63 Å². The van der Waals surface area contributed by atoms with Crippen LogP contribution in [0.15, 0.2) is 12.3 Å². The summed E-state index contributed by atoms with van der Waals surface area (Å²) in [6.45, 7) is 1.46. The lowest BCUT2D eigenvalue weighted by molar-refractivity contribution is -0.169. The summed E-state index contributed by atoms with van der Waals surface area (Å²) >= 11 is 0. The van der Waals surface area contributed by atoms with Crippen LogP contribution >= 0.6 is 0 Å². The van der Waals surface area contributed by atoms with E-state index >= 15 is 0 Å². The fourth-order valence-electron chi connectivity index (χ4n) is 1.33. The Hall–Kier alpha value is -1.56. The van der Waals surface area contributed by atoms with Gasteiger partial charge in [0.2, 0.25) is 0 Å². The summed E-state index contributed by atoms with van der Waals surface area (Å²) in [4.78, 5) is 16.6. The predicted octanol–water partition coefficient (Wildman–Crippen LogP) is -0.371. The summed E-state index contributed by atoms with van der Waals surface area (Å²) in [6, 6.07) is 1.65. The number of nitrogens with zero attached hydrogens (tertiary/aromatic N) is 3. The molecule has 0 bridgehead atoms. The van der Waals surface area contributed by atoms with Crippen LogP contribution in [0.1, 0.15) is 6.42 Å². The smallest absolute Gasteiger partial charge is 0.267 e. The van der Waals surface area contributed by atoms with Gasteiger partial charge in [-0.2, -0.15) is 5.10 Å². The number of carbonyl (C=O) groups is 1. The number of hydroxylamine groups is 2. The van der Waals surface area contributed by atoms with Gasteiger partial charge in [0.15, 0.2) is 0 Å². The summed E-state index contributed by atoms with van der Waals surface area (Å²) in [5, 5.41) is 5.29. The van der Waals surface area contributed by atoms with E-state index in [1.807, 2.05) is 0 Å². The van der Waals surface area contributed by atoms with Gasteiger partial charge in [0.1, 0.15) is 12.4 Å². The van der Waals surface area contributed by atoms with E-state index in [4.69, 9.17) is 10.6 Å². The highest BCUT2D eigenvalue weighted by atomic mass is 16.7. The van der Waals surface area contributed by atoms with Crippen molar-refractivity contribution in [3.05, 3.63) is 12.3 Å². The number of hydrogen-bond donors (Lipinski definition) is 1. The van der Waals surface area contributed by atoms with Crippen LogP contribution in [0, 0.1) is 0 Å². The van der Waals surface area contributed by atoms with Crippen molar-refractivity contribution in [3.63, 3.8) is 0 Å². The molecule has 1 aliphatic heterocycles. The number of rotatable bonds is 2. The van der Waals surface area contributed by atoms with Crippen molar-refractivity contribution in [3.8, 4) is 0 Å².